The van der Waals surface area contributed by atoms with E-state index in [0.29, 0.717) is 29.2 Å². The monoisotopic (exact) mass is 216 g/mol. The van der Waals surface area contributed by atoms with Gasteiger partial charge in [0.2, 0.25) is 0 Å². The number of benzene rings is 1. The molecule has 0 unspecified atom stereocenters. The van der Waals surface area contributed by atoms with E-state index < -0.39 is 0 Å². The van der Waals surface area contributed by atoms with Crippen LogP contribution in [0.4, 0.5) is 0 Å². The van der Waals surface area contributed by atoms with Gasteiger partial charge in [0.1, 0.15) is 0 Å². The molecule has 0 N–H and O–H groups in total. The Morgan fingerprint density at radius 2 is 2.00 bits per heavy atom. The first kappa shape index (κ1) is 11.9. The largest absolute Gasteiger partial charge is 0.493 e. The summed E-state index contributed by atoms with van der Waals surface area (Å²) in [7, 11) is 1.52. The van der Waals surface area contributed by atoms with Gasteiger partial charge in [-0.1, -0.05) is 0 Å². The van der Waals surface area contributed by atoms with Crippen LogP contribution in [0.15, 0.2) is 12.1 Å². The molecule has 0 aromatic heterocycles. The second-order valence-corrected chi connectivity index (χ2v) is 3.04. The molecule has 1 aromatic carbocycles. The fraction of sp³-hybridized carbons (Fsp3) is 0.333. The fourth-order valence-electron chi connectivity index (χ4n) is 1.37. The maximum absolute atomic E-state index is 8.93. The Bertz CT molecular complexity index is 455. The van der Waals surface area contributed by atoms with Crippen molar-refractivity contribution in [1.82, 2.24) is 0 Å². The first-order chi connectivity index (χ1) is 7.76. The number of ether oxygens (including phenoxy) is 2. The van der Waals surface area contributed by atoms with Crippen molar-refractivity contribution in [1.29, 1.82) is 10.5 Å². The maximum Gasteiger partial charge on any atom is 0.162 e. The molecule has 82 valence electrons. The van der Waals surface area contributed by atoms with E-state index in [1.54, 1.807) is 12.1 Å². The van der Waals surface area contributed by atoms with Crippen LogP contribution in [0.25, 0.3) is 0 Å². The lowest BCUT2D eigenvalue weighted by Crippen LogP contribution is -1.98. The molecule has 4 nitrogen and oxygen atoms in total. The third kappa shape index (κ3) is 2.43. The Hall–Kier alpha value is -2.20. The Balaban J connectivity index is 3.25. The summed E-state index contributed by atoms with van der Waals surface area (Å²) in [5.74, 6) is 1.08. The Labute approximate surface area is 94.6 Å². The van der Waals surface area contributed by atoms with Gasteiger partial charge in [-0.05, 0) is 18.6 Å². The van der Waals surface area contributed by atoms with Crippen molar-refractivity contribution in [3.63, 3.8) is 0 Å². The van der Waals surface area contributed by atoms with Gasteiger partial charge < -0.3 is 9.47 Å². The highest BCUT2D eigenvalue weighted by Gasteiger charge is 2.10. The summed E-state index contributed by atoms with van der Waals surface area (Å²) in [6, 6.07) is 7.34. The van der Waals surface area contributed by atoms with E-state index in [2.05, 4.69) is 0 Å². The van der Waals surface area contributed by atoms with Crippen LogP contribution in [-0.2, 0) is 6.42 Å². The zero-order valence-electron chi connectivity index (χ0n) is 9.28. The molecule has 4 heteroatoms. The van der Waals surface area contributed by atoms with Crippen molar-refractivity contribution in [3.8, 4) is 23.6 Å². The van der Waals surface area contributed by atoms with Gasteiger partial charge in [0.25, 0.3) is 0 Å². The molecule has 1 aromatic rings. The zero-order chi connectivity index (χ0) is 12.0. The van der Waals surface area contributed by atoms with Gasteiger partial charge in [-0.3, -0.25) is 0 Å². The minimum atomic E-state index is 0.187. The summed E-state index contributed by atoms with van der Waals surface area (Å²) in [6.45, 7) is 2.37. The van der Waals surface area contributed by atoms with E-state index in [1.807, 2.05) is 19.1 Å². The predicted molar refractivity (Wildman–Crippen MR) is 58.2 cm³/mol. The predicted octanol–water partition coefficient (Wildman–Crippen LogP) is 2.03. The molecule has 0 saturated carbocycles. The van der Waals surface area contributed by atoms with Crippen LogP contribution in [-0.4, -0.2) is 13.7 Å². The molecule has 0 aliphatic carbocycles. The summed E-state index contributed by atoms with van der Waals surface area (Å²) in [4.78, 5) is 0. The SMILES string of the molecule is CCOc1cc(CC#N)c(C#N)cc1OC. The van der Waals surface area contributed by atoms with Gasteiger partial charge in [-0.2, -0.15) is 10.5 Å². The van der Waals surface area contributed by atoms with E-state index in [4.69, 9.17) is 20.0 Å². The zero-order valence-corrected chi connectivity index (χ0v) is 9.28. The molecule has 0 heterocycles. The fourth-order valence-corrected chi connectivity index (χ4v) is 1.37. The highest BCUT2D eigenvalue weighted by Crippen LogP contribution is 2.30. The topological polar surface area (TPSA) is 66.0 Å². The molecule has 0 atom stereocenters. The lowest BCUT2D eigenvalue weighted by atomic mass is 10.0. The van der Waals surface area contributed by atoms with E-state index in [1.165, 1.54) is 7.11 Å². The average molecular weight is 216 g/mol. The Morgan fingerprint density at radius 3 is 2.50 bits per heavy atom. The van der Waals surface area contributed by atoms with Crippen LogP contribution in [0.1, 0.15) is 18.1 Å². The molecule has 16 heavy (non-hydrogen) atoms. The molecule has 0 fully saturated rings. The number of nitriles is 2. The molecule has 0 aliphatic heterocycles. The molecule has 0 saturated heterocycles. The summed E-state index contributed by atoms with van der Waals surface area (Å²) < 4.78 is 10.5. The average Bonchev–Trinajstić information content (AvgIpc) is 2.30. The molecule has 0 spiro atoms. The van der Waals surface area contributed by atoms with Crippen molar-refractivity contribution in [2.45, 2.75) is 13.3 Å². The van der Waals surface area contributed by atoms with E-state index >= 15 is 0 Å². The van der Waals surface area contributed by atoms with Crippen molar-refractivity contribution in [2.75, 3.05) is 13.7 Å². The van der Waals surface area contributed by atoms with E-state index in [9.17, 15) is 0 Å². The van der Waals surface area contributed by atoms with Gasteiger partial charge in [0.05, 0.1) is 37.8 Å². The van der Waals surface area contributed by atoms with Gasteiger partial charge in [-0.15, -0.1) is 0 Å². The number of methoxy groups -OCH3 is 1. The summed E-state index contributed by atoms with van der Waals surface area (Å²) in [5.41, 5.74) is 1.11. The van der Waals surface area contributed by atoms with Crippen LogP contribution < -0.4 is 9.47 Å². The maximum atomic E-state index is 8.93. The number of hydrogen-bond acceptors (Lipinski definition) is 4. The van der Waals surface area contributed by atoms with Crippen LogP contribution >= 0.6 is 0 Å². The van der Waals surface area contributed by atoms with Crippen molar-refractivity contribution >= 4 is 0 Å². The van der Waals surface area contributed by atoms with Gasteiger partial charge in [-0.25, -0.2) is 0 Å². The minimum Gasteiger partial charge on any atom is -0.493 e. The molecular weight excluding hydrogens is 204 g/mol. The van der Waals surface area contributed by atoms with E-state index in [-0.39, 0.29) is 6.42 Å². The van der Waals surface area contributed by atoms with Crippen LogP contribution in [0.2, 0.25) is 0 Å². The van der Waals surface area contributed by atoms with Gasteiger partial charge >= 0.3 is 0 Å². The standard InChI is InChI=1S/C12H12N2O2/c1-3-16-12-6-9(4-5-13)10(8-14)7-11(12)15-2/h6-7H,3-4H2,1-2H3. The first-order valence-corrected chi connectivity index (χ1v) is 4.87. The number of hydrogen-bond donors (Lipinski definition) is 0. The quantitative estimate of drug-likeness (QED) is 0.772. The van der Waals surface area contributed by atoms with Crippen molar-refractivity contribution < 1.29 is 9.47 Å². The second-order valence-electron chi connectivity index (χ2n) is 3.04. The Morgan fingerprint density at radius 1 is 1.25 bits per heavy atom. The highest BCUT2D eigenvalue weighted by atomic mass is 16.5. The van der Waals surface area contributed by atoms with Crippen LogP contribution in [0.5, 0.6) is 11.5 Å². The van der Waals surface area contributed by atoms with Crippen LogP contribution in [0, 0.1) is 22.7 Å². The number of rotatable bonds is 4. The summed E-state index contributed by atoms with van der Waals surface area (Å²) >= 11 is 0. The molecule has 0 radical (unpaired) electrons. The third-order valence-electron chi connectivity index (χ3n) is 2.08. The normalized spacial score (nSPS) is 9.00. The molecular formula is C12H12N2O2. The lowest BCUT2D eigenvalue weighted by Gasteiger charge is -2.11. The lowest BCUT2D eigenvalue weighted by molar-refractivity contribution is 0.310. The highest BCUT2D eigenvalue weighted by molar-refractivity contribution is 5.52. The number of nitrogens with zero attached hydrogens (tertiary/aromatic N) is 2. The van der Waals surface area contributed by atoms with Crippen molar-refractivity contribution in [2.24, 2.45) is 0 Å². The van der Waals surface area contributed by atoms with Gasteiger partial charge in [0, 0.05) is 6.07 Å². The van der Waals surface area contributed by atoms with Crippen molar-refractivity contribution in [3.05, 3.63) is 23.3 Å². The minimum absolute atomic E-state index is 0.187. The summed E-state index contributed by atoms with van der Waals surface area (Å²) in [6.07, 6.45) is 0.187. The first-order valence-electron chi connectivity index (χ1n) is 4.87. The third-order valence-corrected chi connectivity index (χ3v) is 2.08. The summed E-state index contributed by atoms with van der Waals surface area (Å²) in [5, 5.41) is 17.6. The molecule has 0 bridgehead atoms. The second kappa shape index (κ2) is 5.63. The van der Waals surface area contributed by atoms with Gasteiger partial charge in [0.15, 0.2) is 11.5 Å². The molecule has 0 amide bonds. The Kier molecular flexibility index (Phi) is 4.17. The van der Waals surface area contributed by atoms with E-state index in [0.717, 1.165) is 0 Å². The molecule has 1 rings (SSSR count). The molecule has 0 aliphatic rings. The van der Waals surface area contributed by atoms with Crippen LogP contribution in [0.3, 0.4) is 0 Å². The smallest absolute Gasteiger partial charge is 0.162 e.